The summed E-state index contributed by atoms with van der Waals surface area (Å²) in [5.41, 5.74) is 1.01. The maximum absolute atomic E-state index is 11.8. The van der Waals surface area contributed by atoms with Crippen molar-refractivity contribution in [2.24, 2.45) is 11.3 Å². The van der Waals surface area contributed by atoms with Crippen molar-refractivity contribution in [3.8, 4) is 11.3 Å². The summed E-state index contributed by atoms with van der Waals surface area (Å²) in [6.45, 7) is 2.02. The number of aliphatic carboxylic acids is 1. The smallest absolute Gasteiger partial charge is 0.314 e. The molecule has 0 bridgehead atoms. The second-order valence-electron chi connectivity index (χ2n) is 6.52. The normalized spacial score (nSPS) is 26.2. The van der Waals surface area contributed by atoms with Crippen LogP contribution in [0.15, 0.2) is 42.5 Å². The molecule has 2 aliphatic heterocycles. The third kappa shape index (κ3) is 2.43. The van der Waals surface area contributed by atoms with Crippen LogP contribution in [0.5, 0.6) is 0 Å². The standard InChI is InChI=1S/C18H19N3O3/c22-17(23)18-11-21(10-14(18)8-9-24-12-18)16-7-6-15(19-20-16)13-4-2-1-3-5-13/h1-7,14H,8-12H2,(H,22,23)/t14-,18+/m0/s1. The molecule has 2 saturated heterocycles. The number of fused-ring (bicyclic) bond motifs is 1. The number of aromatic nitrogens is 2. The van der Waals surface area contributed by atoms with Crippen molar-refractivity contribution >= 4 is 11.8 Å². The van der Waals surface area contributed by atoms with E-state index >= 15 is 0 Å². The molecule has 2 fully saturated rings. The zero-order chi connectivity index (χ0) is 16.6. The van der Waals surface area contributed by atoms with Gasteiger partial charge in [-0.15, -0.1) is 10.2 Å². The van der Waals surface area contributed by atoms with Crippen molar-refractivity contribution < 1.29 is 14.6 Å². The van der Waals surface area contributed by atoms with Gasteiger partial charge in [0, 0.05) is 25.3 Å². The lowest BCUT2D eigenvalue weighted by Gasteiger charge is -2.33. The molecule has 2 aromatic rings. The summed E-state index contributed by atoms with van der Waals surface area (Å²) < 4.78 is 5.47. The number of hydrogen-bond acceptors (Lipinski definition) is 5. The number of rotatable bonds is 3. The van der Waals surface area contributed by atoms with E-state index in [1.807, 2.05) is 47.4 Å². The average molecular weight is 325 g/mol. The zero-order valence-electron chi connectivity index (χ0n) is 13.3. The number of carboxylic acid groups (broad SMARTS) is 1. The maximum Gasteiger partial charge on any atom is 0.314 e. The molecule has 0 saturated carbocycles. The van der Waals surface area contributed by atoms with Gasteiger partial charge in [0.05, 0.1) is 12.3 Å². The number of carbonyl (C=O) groups is 1. The van der Waals surface area contributed by atoms with E-state index in [0.717, 1.165) is 23.5 Å². The number of nitrogens with zero attached hydrogens (tertiary/aromatic N) is 3. The summed E-state index contributed by atoms with van der Waals surface area (Å²) in [7, 11) is 0. The van der Waals surface area contributed by atoms with Crippen LogP contribution in [0.2, 0.25) is 0 Å². The SMILES string of the molecule is O=C(O)[C@]12COCC[C@H]1CN(c1ccc(-c3ccccc3)nn1)C2. The van der Waals surface area contributed by atoms with Gasteiger partial charge in [0.15, 0.2) is 5.82 Å². The molecule has 0 amide bonds. The predicted octanol–water partition coefficient (Wildman–Crippen LogP) is 2.07. The van der Waals surface area contributed by atoms with Crippen LogP contribution in [-0.4, -0.2) is 47.6 Å². The predicted molar refractivity (Wildman–Crippen MR) is 88.7 cm³/mol. The third-order valence-corrected chi connectivity index (χ3v) is 5.14. The van der Waals surface area contributed by atoms with Gasteiger partial charge in [-0.25, -0.2) is 0 Å². The monoisotopic (exact) mass is 325 g/mol. The molecular weight excluding hydrogens is 306 g/mol. The maximum atomic E-state index is 11.8. The Balaban J connectivity index is 1.58. The molecule has 6 heteroatoms. The highest BCUT2D eigenvalue weighted by atomic mass is 16.5. The summed E-state index contributed by atoms with van der Waals surface area (Å²) in [5, 5.41) is 18.3. The molecule has 124 valence electrons. The second kappa shape index (κ2) is 5.87. The minimum absolute atomic E-state index is 0.0966. The Kier molecular flexibility index (Phi) is 3.69. The molecule has 1 aromatic heterocycles. The van der Waals surface area contributed by atoms with Crippen LogP contribution < -0.4 is 4.90 Å². The lowest BCUT2D eigenvalue weighted by molar-refractivity contribution is -0.159. The van der Waals surface area contributed by atoms with Gasteiger partial charge < -0.3 is 14.7 Å². The quantitative estimate of drug-likeness (QED) is 0.931. The third-order valence-electron chi connectivity index (χ3n) is 5.14. The van der Waals surface area contributed by atoms with E-state index in [9.17, 15) is 9.90 Å². The van der Waals surface area contributed by atoms with E-state index in [-0.39, 0.29) is 12.5 Å². The highest BCUT2D eigenvalue weighted by molar-refractivity contribution is 5.77. The first-order valence-corrected chi connectivity index (χ1v) is 8.14. The van der Waals surface area contributed by atoms with Crippen molar-refractivity contribution in [3.05, 3.63) is 42.5 Å². The van der Waals surface area contributed by atoms with Gasteiger partial charge in [-0.1, -0.05) is 30.3 Å². The van der Waals surface area contributed by atoms with E-state index in [1.54, 1.807) is 0 Å². The number of anilines is 1. The molecule has 6 nitrogen and oxygen atoms in total. The molecule has 1 aromatic carbocycles. The van der Waals surface area contributed by atoms with Crippen molar-refractivity contribution in [2.45, 2.75) is 6.42 Å². The van der Waals surface area contributed by atoms with Crippen LogP contribution in [-0.2, 0) is 9.53 Å². The van der Waals surface area contributed by atoms with Crippen LogP contribution in [0.3, 0.4) is 0 Å². The Bertz CT molecular complexity index is 735. The second-order valence-corrected chi connectivity index (χ2v) is 6.52. The van der Waals surface area contributed by atoms with Gasteiger partial charge in [-0.05, 0) is 24.5 Å². The molecule has 2 aliphatic rings. The van der Waals surface area contributed by atoms with E-state index in [0.29, 0.717) is 19.7 Å². The largest absolute Gasteiger partial charge is 0.481 e. The number of carboxylic acids is 1. The average Bonchev–Trinajstić information content (AvgIpc) is 3.04. The first-order valence-electron chi connectivity index (χ1n) is 8.14. The molecule has 1 N–H and O–H groups in total. The molecule has 0 unspecified atom stereocenters. The van der Waals surface area contributed by atoms with Crippen LogP contribution in [0.1, 0.15) is 6.42 Å². The first kappa shape index (κ1) is 15.1. The number of hydrogen-bond donors (Lipinski definition) is 1. The summed E-state index contributed by atoms with van der Waals surface area (Å²) in [6, 6.07) is 13.7. The molecule has 24 heavy (non-hydrogen) atoms. The van der Waals surface area contributed by atoms with Gasteiger partial charge in [-0.3, -0.25) is 4.79 Å². The summed E-state index contributed by atoms with van der Waals surface area (Å²) in [5.74, 6) is 0.0487. The molecule has 0 radical (unpaired) electrons. The van der Waals surface area contributed by atoms with Crippen molar-refractivity contribution in [1.82, 2.24) is 10.2 Å². The highest BCUT2D eigenvalue weighted by Gasteiger charge is 2.54. The van der Waals surface area contributed by atoms with E-state index < -0.39 is 11.4 Å². The lowest BCUT2D eigenvalue weighted by Crippen LogP contribution is -2.46. The van der Waals surface area contributed by atoms with Crippen molar-refractivity contribution in [3.63, 3.8) is 0 Å². The van der Waals surface area contributed by atoms with Crippen LogP contribution >= 0.6 is 0 Å². The topological polar surface area (TPSA) is 75.6 Å². The number of ether oxygens (including phenoxy) is 1. The Labute approximate surface area is 140 Å². The molecule has 0 spiro atoms. The zero-order valence-corrected chi connectivity index (χ0v) is 13.3. The van der Waals surface area contributed by atoms with Gasteiger partial charge in [0.25, 0.3) is 0 Å². The first-order chi connectivity index (χ1) is 11.7. The Morgan fingerprint density at radius 3 is 2.71 bits per heavy atom. The van der Waals surface area contributed by atoms with E-state index in [2.05, 4.69) is 10.2 Å². The van der Waals surface area contributed by atoms with Gasteiger partial charge in [0.1, 0.15) is 5.41 Å². The van der Waals surface area contributed by atoms with Crippen LogP contribution in [0, 0.1) is 11.3 Å². The van der Waals surface area contributed by atoms with Crippen molar-refractivity contribution in [2.75, 3.05) is 31.2 Å². The fourth-order valence-corrected chi connectivity index (χ4v) is 3.72. The lowest BCUT2D eigenvalue weighted by atomic mass is 9.76. The fraction of sp³-hybridized carbons (Fsp3) is 0.389. The van der Waals surface area contributed by atoms with Crippen LogP contribution in [0.25, 0.3) is 11.3 Å². The molecular formula is C18H19N3O3. The summed E-state index contributed by atoms with van der Waals surface area (Å²) in [4.78, 5) is 13.9. The molecule has 2 atom stereocenters. The minimum atomic E-state index is -0.821. The fourth-order valence-electron chi connectivity index (χ4n) is 3.72. The highest BCUT2D eigenvalue weighted by Crippen LogP contribution is 2.42. The Morgan fingerprint density at radius 2 is 2.04 bits per heavy atom. The minimum Gasteiger partial charge on any atom is -0.481 e. The van der Waals surface area contributed by atoms with E-state index in [1.165, 1.54) is 0 Å². The Hall–Kier alpha value is -2.47. The summed E-state index contributed by atoms with van der Waals surface area (Å²) in [6.07, 6.45) is 0.776. The van der Waals surface area contributed by atoms with Gasteiger partial charge in [0.2, 0.25) is 0 Å². The molecule has 0 aliphatic carbocycles. The van der Waals surface area contributed by atoms with Crippen LogP contribution in [0.4, 0.5) is 5.82 Å². The Morgan fingerprint density at radius 1 is 1.21 bits per heavy atom. The van der Waals surface area contributed by atoms with E-state index in [4.69, 9.17) is 4.74 Å². The van der Waals surface area contributed by atoms with Crippen molar-refractivity contribution in [1.29, 1.82) is 0 Å². The molecule has 3 heterocycles. The molecule has 4 rings (SSSR count). The van der Waals surface area contributed by atoms with Gasteiger partial charge in [-0.2, -0.15) is 0 Å². The van der Waals surface area contributed by atoms with Gasteiger partial charge >= 0.3 is 5.97 Å². The number of benzene rings is 1. The summed E-state index contributed by atoms with van der Waals surface area (Å²) >= 11 is 0.